The minimum Gasteiger partial charge on any atom is -0.481 e. The number of hydrogen-bond donors (Lipinski definition) is 4. The third-order valence-corrected chi connectivity index (χ3v) is 2.25. The first-order chi connectivity index (χ1) is 8.00. The molecule has 0 saturated carbocycles. The first-order valence-corrected chi connectivity index (χ1v) is 5.84. The van der Waals surface area contributed by atoms with Crippen molar-refractivity contribution in [3.05, 3.63) is 12.0 Å². The fourth-order valence-electron chi connectivity index (χ4n) is 0.503. The fraction of sp³-hybridized carbons (Fsp3) is 0.846. The molecule has 19 heavy (non-hydrogen) atoms. The average Bonchev–Trinajstić information content (AvgIpc) is 2.28. The molecule has 1 atom stereocenters. The summed E-state index contributed by atoms with van der Waals surface area (Å²) in [5.41, 5.74) is -0.577. The Balaban J connectivity index is -0.000000280. The summed E-state index contributed by atoms with van der Waals surface area (Å²) in [7, 11) is 1.35. The molecule has 0 spiro atoms. The van der Waals surface area contributed by atoms with Gasteiger partial charge >= 0.3 is 0 Å². The van der Waals surface area contributed by atoms with Crippen molar-refractivity contribution in [2.24, 2.45) is 10.8 Å². The van der Waals surface area contributed by atoms with Gasteiger partial charge in [0.2, 0.25) is 0 Å². The molecule has 0 rings (SSSR count). The molecular formula is C13H28O5Ti. The fourth-order valence-corrected chi connectivity index (χ4v) is 0.503. The first-order valence-electron chi connectivity index (χ1n) is 5.84. The van der Waals surface area contributed by atoms with Gasteiger partial charge in [0, 0.05) is 33.2 Å². The van der Waals surface area contributed by atoms with E-state index in [2.05, 4.69) is 4.74 Å². The second-order valence-electron chi connectivity index (χ2n) is 6.00. The Labute approximate surface area is 131 Å². The quantitative estimate of drug-likeness (QED) is 0.466. The maximum atomic E-state index is 9.37. The molecule has 0 aliphatic carbocycles. The average molecular weight is 312 g/mol. The van der Waals surface area contributed by atoms with Gasteiger partial charge in [0.05, 0.1) is 26.4 Å². The van der Waals surface area contributed by atoms with Crippen molar-refractivity contribution < 1.29 is 46.9 Å². The van der Waals surface area contributed by atoms with Gasteiger partial charge in [-0.2, -0.15) is 0 Å². The first kappa shape index (κ1) is 24.0. The van der Waals surface area contributed by atoms with Crippen molar-refractivity contribution in [2.75, 3.05) is 20.3 Å². The van der Waals surface area contributed by atoms with Crippen molar-refractivity contribution in [3.63, 3.8) is 0 Å². The number of aliphatic hydroxyl groups excluding tert-OH is 4. The molecule has 0 aliphatic rings. The van der Waals surface area contributed by atoms with Crippen LogP contribution >= 0.6 is 0 Å². The molecule has 0 saturated heterocycles. The second kappa shape index (κ2) is 10.7. The Morgan fingerprint density at radius 2 is 1.47 bits per heavy atom. The summed E-state index contributed by atoms with van der Waals surface area (Å²) in [6.45, 7) is 9.30. The SMILES string of the molecule is CC(C)(CO)CO.COC(O)=CC(O)C(C)(C)C.[Ti]. The molecule has 5 nitrogen and oxygen atoms in total. The van der Waals surface area contributed by atoms with Crippen LogP contribution in [-0.2, 0) is 26.5 Å². The largest absolute Gasteiger partial charge is 0.481 e. The zero-order valence-electron chi connectivity index (χ0n) is 12.8. The van der Waals surface area contributed by atoms with Crippen molar-refractivity contribution >= 4 is 0 Å². The van der Waals surface area contributed by atoms with Crippen LogP contribution in [-0.4, -0.2) is 46.9 Å². The van der Waals surface area contributed by atoms with E-state index in [1.165, 1.54) is 13.2 Å². The van der Waals surface area contributed by atoms with E-state index in [1.54, 1.807) is 13.8 Å². The van der Waals surface area contributed by atoms with E-state index >= 15 is 0 Å². The van der Waals surface area contributed by atoms with Crippen LogP contribution in [0.5, 0.6) is 0 Å². The second-order valence-corrected chi connectivity index (χ2v) is 6.00. The van der Waals surface area contributed by atoms with Crippen molar-refractivity contribution in [2.45, 2.75) is 40.7 Å². The Morgan fingerprint density at radius 1 is 1.11 bits per heavy atom. The monoisotopic (exact) mass is 312 g/mol. The van der Waals surface area contributed by atoms with E-state index in [0.717, 1.165) is 0 Å². The van der Waals surface area contributed by atoms with Crippen LogP contribution in [0.15, 0.2) is 12.0 Å². The van der Waals surface area contributed by atoms with Crippen LogP contribution in [0, 0.1) is 10.8 Å². The van der Waals surface area contributed by atoms with E-state index in [-0.39, 0.29) is 51.7 Å². The van der Waals surface area contributed by atoms with Crippen LogP contribution in [0.3, 0.4) is 0 Å². The Bertz CT molecular complexity index is 240. The molecule has 0 radical (unpaired) electrons. The molecule has 0 aliphatic heterocycles. The molecule has 0 amide bonds. The van der Waals surface area contributed by atoms with Gasteiger partial charge in [0.25, 0.3) is 5.95 Å². The molecule has 0 aromatic rings. The molecule has 0 aromatic heterocycles. The molecular weight excluding hydrogens is 284 g/mol. The van der Waals surface area contributed by atoms with E-state index in [4.69, 9.17) is 15.3 Å². The summed E-state index contributed by atoms with van der Waals surface area (Å²) in [5, 5.41) is 35.1. The van der Waals surface area contributed by atoms with Gasteiger partial charge in [-0.1, -0.05) is 34.6 Å². The third kappa shape index (κ3) is 14.2. The van der Waals surface area contributed by atoms with Gasteiger partial charge in [-0.25, -0.2) is 0 Å². The summed E-state index contributed by atoms with van der Waals surface area (Å²) in [4.78, 5) is 0. The van der Waals surface area contributed by atoms with Crippen molar-refractivity contribution in [1.82, 2.24) is 0 Å². The molecule has 4 N–H and O–H groups in total. The number of rotatable bonds is 4. The number of hydrogen-bond acceptors (Lipinski definition) is 5. The summed E-state index contributed by atoms with van der Waals surface area (Å²) in [6.07, 6.45) is 0.586. The maximum Gasteiger partial charge on any atom is 0.274 e. The standard InChI is InChI=1S/C8H16O3.C5H12O2.Ti/c1-8(2,3)6(9)5-7(10)11-4;1-5(2,3-6)4-7;/h5-6,9-10H,1-4H3;6-7H,3-4H2,1-2H3;. The molecule has 6 heteroatoms. The predicted molar refractivity (Wildman–Crippen MR) is 71.1 cm³/mol. The van der Waals surface area contributed by atoms with Gasteiger partial charge in [-0.15, -0.1) is 0 Å². The normalized spacial score (nSPS) is 13.8. The van der Waals surface area contributed by atoms with Crippen molar-refractivity contribution in [3.8, 4) is 0 Å². The number of ether oxygens (including phenoxy) is 1. The van der Waals surface area contributed by atoms with Crippen LogP contribution in [0.2, 0.25) is 0 Å². The Kier molecular flexibility index (Phi) is 13.5. The molecule has 0 heterocycles. The molecule has 0 fully saturated rings. The van der Waals surface area contributed by atoms with Gasteiger partial charge < -0.3 is 25.2 Å². The van der Waals surface area contributed by atoms with Gasteiger partial charge in [-0.3, -0.25) is 0 Å². The van der Waals surface area contributed by atoms with Gasteiger partial charge in [0.1, 0.15) is 0 Å². The number of aliphatic hydroxyl groups is 4. The summed E-state index contributed by atoms with van der Waals surface area (Å²) in [6, 6.07) is 0. The molecule has 114 valence electrons. The minimum atomic E-state index is -0.692. The van der Waals surface area contributed by atoms with E-state index in [0.29, 0.717) is 0 Å². The van der Waals surface area contributed by atoms with Gasteiger partial charge in [0.15, 0.2) is 0 Å². The maximum absolute atomic E-state index is 9.37. The third-order valence-electron chi connectivity index (χ3n) is 2.25. The molecule has 1 unspecified atom stereocenters. The molecule has 0 aromatic carbocycles. The van der Waals surface area contributed by atoms with Crippen molar-refractivity contribution in [1.29, 1.82) is 0 Å². The Morgan fingerprint density at radius 3 is 1.63 bits per heavy atom. The minimum absolute atomic E-state index is 0. The van der Waals surface area contributed by atoms with E-state index in [1.807, 2.05) is 20.8 Å². The summed E-state index contributed by atoms with van der Waals surface area (Å²) >= 11 is 0. The predicted octanol–water partition coefficient (Wildman–Crippen LogP) is 1.43. The number of methoxy groups -OCH3 is 1. The van der Waals surface area contributed by atoms with Crippen LogP contribution in [0.1, 0.15) is 34.6 Å². The Hall–Kier alpha value is -0.0657. The van der Waals surface area contributed by atoms with Crippen LogP contribution in [0.4, 0.5) is 0 Å². The zero-order valence-corrected chi connectivity index (χ0v) is 14.3. The molecule has 0 bridgehead atoms. The van der Waals surface area contributed by atoms with Crippen LogP contribution < -0.4 is 0 Å². The van der Waals surface area contributed by atoms with E-state index < -0.39 is 6.10 Å². The smallest absolute Gasteiger partial charge is 0.274 e. The summed E-state index contributed by atoms with van der Waals surface area (Å²) in [5.74, 6) is -0.243. The van der Waals surface area contributed by atoms with Gasteiger partial charge in [-0.05, 0) is 5.41 Å². The summed E-state index contributed by atoms with van der Waals surface area (Å²) < 4.78 is 4.47. The zero-order chi connectivity index (χ0) is 15.0. The topological polar surface area (TPSA) is 90.2 Å². The van der Waals surface area contributed by atoms with Crippen LogP contribution in [0.25, 0.3) is 0 Å². The van der Waals surface area contributed by atoms with E-state index in [9.17, 15) is 5.11 Å².